The van der Waals surface area contributed by atoms with Gasteiger partial charge in [0, 0.05) is 33.8 Å². The summed E-state index contributed by atoms with van der Waals surface area (Å²) in [6, 6.07) is 0.809. The fourth-order valence-electron chi connectivity index (χ4n) is 1.66. The highest BCUT2D eigenvalue weighted by Gasteiger charge is 2.37. The highest BCUT2D eigenvalue weighted by molar-refractivity contribution is 6.60. The quantitative estimate of drug-likeness (QED) is 0.371. The third-order valence-corrected chi connectivity index (χ3v) is 5.72. The van der Waals surface area contributed by atoms with Gasteiger partial charge in [-0.3, -0.25) is 0 Å². The van der Waals surface area contributed by atoms with Crippen LogP contribution in [-0.2, 0) is 13.3 Å². The van der Waals surface area contributed by atoms with Crippen molar-refractivity contribution in [2.24, 2.45) is 0 Å². The molecule has 0 rings (SSSR count). The molecule has 0 aliphatic rings. The van der Waals surface area contributed by atoms with Crippen molar-refractivity contribution in [3.05, 3.63) is 0 Å². The van der Waals surface area contributed by atoms with Gasteiger partial charge in [0.15, 0.2) is 0 Å². The molecular weight excluding hydrogens is 262 g/mol. The number of aliphatic hydroxyl groups excluding tert-OH is 1. The lowest BCUT2D eigenvalue weighted by Crippen LogP contribution is -3.00. The van der Waals surface area contributed by atoms with Crippen LogP contribution in [0, 0.1) is 0 Å². The summed E-state index contributed by atoms with van der Waals surface area (Å²) >= 11 is 0. The Balaban J connectivity index is 0. The zero-order chi connectivity index (χ0) is 12.7. The molecule has 5 nitrogen and oxygen atoms in total. The highest BCUT2D eigenvalue weighted by atomic mass is 35.5. The van der Waals surface area contributed by atoms with Crippen molar-refractivity contribution in [2.75, 3.05) is 55.1 Å². The standard InChI is InChI=1S/C10H26NO4Si.ClH/c1-11(2,8-9-12)7-6-10-16(13-3,14-4)15-5;/h12H,6-10H2,1-5H3;1H/q+1;/p-1. The Morgan fingerprint density at radius 2 is 1.47 bits per heavy atom. The van der Waals surface area contributed by atoms with Crippen molar-refractivity contribution in [3.63, 3.8) is 0 Å². The summed E-state index contributed by atoms with van der Waals surface area (Å²) in [4.78, 5) is 0. The molecule has 0 amide bonds. The molecule has 0 aliphatic carbocycles. The van der Waals surface area contributed by atoms with E-state index in [0.29, 0.717) is 0 Å². The molecule has 106 valence electrons. The minimum absolute atomic E-state index is 0. The first-order chi connectivity index (χ1) is 7.45. The number of nitrogens with zero attached hydrogens (tertiary/aromatic N) is 1. The number of hydrogen-bond donors (Lipinski definition) is 1. The third kappa shape index (κ3) is 7.35. The van der Waals surface area contributed by atoms with Crippen molar-refractivity contribution in [1.82, 2.24) is 0 Å². The van der Waals surface area contributed by atoms with Gasteiger partial charge in [0.05, 0.1) is 27.2 Å². The van der Waals surface area contributed by atoms with E-state index in [0.717, 1.165) is 30.0 Å². The van der Waals surface area contributed by atoms with Gasteiger partial charge >= 0.3 is 8.80 Å². The van der Waals surface area contributed by atoms with Gasteiger partial charge in [-0.1, -0.05) is 0 Å². The largest absolute Gasteiger partial charge is 1.00 e. The van der Waals surface area contributed by atoms with Gasteiger partial charge in [-0.05, 0) is 0 Å². The SMILES string of the molecule is CO[Si](CCC[N+](C)(C)CCO)(OC)OC.[Cl-]. The molecular formula is C10H26ClNO4Si. The molecule has 0 aromatic carbocycles. The summed E-state index contributed by atoms with van der Waals surface area (Å²) in [6.45, 7) is 1.96. The van der Waals surface area contributed by atoms with Crippen molar-refractivity contribution < 1.29 is 35.3 Å². The summed E-state index contributed by atoms with van der Waals surface area (Å²) in [5, 5.41) is 8.92. The molecule has 0 saturated heterocycles. The zero-order valence-corrected chi connectivity index (χ0v) is 13.3. The summed E-state index contributed by atoms with van der Waals surface area (Å²) in [6.07, 6.45) is 0.967. The van der Waals surface area contributed by atoms with Gasteiger partial charge in [0.2, 0.25) is 0 Å². The van der Waals surface area contributed by atoms with E-state index in [1.807, 2.05) is 0 Å². The first-order valence-corrected chi connectivity index (χ1v) is 7.47. The maximum Gasteiger partial charge on any atom is 0.500 e. The normalized spacial score (nSPS) is 12.4. The van der Waals surface area contributed by atoms with E-state index < -0.39 is 8.80 Å². The number of aliphatic hydroxyl groups is 1. The smallest absolute Gasteiger partial charge is 0.500 e. The van der Waals surface area contributed by atoms with Gasteiger partial charge < -0.3 is 35.3 Å². The second kappa shape index (κ2) is 9.27. The molecule has 1 N–H and O–H groups in total. The van der Waals surface area contributed by atoms with Gasteiger partial charge in [-0.15, -0.1) is 0 Å². The Kier molecular flexibility index (Phi) is 10.7. The maximum absolute atomic E-state index is 8.92. The van der Waals surface area contributed by atoms with Crippen LogP contribution in [0.4, 0.5) is 0 Å². The van der Waals surface area contributed by atoms with Gasteiger partial charge in [0.25, 0.3) is 0 Å². The van der Waals surface area contributed by atoms with Crippen LogP contribution in [0.25, 0.3) is 0 Å². The number of likely N-dealkylation sites (N-methyl/N-ethyl adjacent to an activating group) is 1. The topological polar surface area (TPSA) is 47.9 Å². The molecule has 0 aliphatic heterocycles. The van der Waals surface area contributed by atoms with E-state index in [-0.39, 0.29) is 19.0 Å². The summed E-state index contributed by atoms with van der Waals surface area (Å²) in [5.41, 5.74) is 0. The van der Waals surface area contributed by atoms with Crippen LogP contribution >= 0.6 is 0 Å². The summed E-state index contributed by atoms with van der Waals surface area (Å²) in [5.74, 6) is 0. The molecule has 0 saturated carbocycles. The van der Waals surface area contributed by atoms with E-state index in [1.54, 1.807) is 21.3 Å². The molecule has 0 bridgehead atoms. The zero-order valence-electron chi connectivity index (χ0n) is 11.5. The molecule has 7 heteroatoms. The number of rotatable bonds is 9. The number of halogens is 1. The minimum atomic E-state index is -2.41. The van der Waals surface area contributed by atoms with E-state index in [9.17, 15) is 0 Å². The Morgan fingerprint density at radius 3 is 1.82 bits per heavy atom. The van der Waals surface area contributed by atoms with Crippen LogP contribution < -0.4 is 12.4 Å². The van der Waals surface area contributed by atoms with Crippen molar-refractivity contribution >= 4 is 8.80 Å². The van der Waals surface area contributed by atoms with Crippen LogP contribution in [0.1, 0.15) is 6.42 Å². The third-order valence-electron chi connectivity index (χ3n) is 2.88. The summed E-state index contributed by atoms with van der Waals surface area (Å²) in [7, 11) is 6.69. The Hall–Kier alpha value is 0.307. The van der Waals surface area contributed by atoms with Crippen LogP contribution in [0.2, 0.25) is 6.04 Å². The lowest BCUT2D eigenvalue weighted by atomic mass is 10.4. The highest BCUT2D eigenvalue weighted by Crippen LogP contribution is 2.16. The predicted molar refractivity (Wildman–Crippen MR) is 65.1 cm³/mol. The van der Waals surface area contributed by atoms with Gasteiger partial charge in [-0.25, -0.2) is 0 Å². The molecule has 0 fully saturated rings. The second-order valence-corrected chi connectivity index (χ2v) is 7.60. The maximum atomic E-state index is 8.92. The lowest BCUT2D eigenvalue weighted by molar-refractivity contribution is -0.890. The van der Waals surface area contributed by atoms with E-state index >= 15 is 0 Å². The van der Waals surface area contributed by atoms with Crippen LogP contribution in [0.15, 0.2) is 0 Å². The molecule has 0 unspecified atom stereocenters. The van der Waals surface area contributed by atoms with Crippen LogP contribution in [-0.4, -0.2) is 73.5 Å². The minimum Gasteiger partial charge on any atom is -1.00 e. The average molecular weight is 288 g/mol. The molecule has 0 spiro atoms. The van der Waals surface area contributed by atoms with E-state index in [2.05, 4.69) is 14.1 Å². The van der Waals surface area contributed by atoms with Gasteiger partial charge in [0.1, 0.15) is 6.54 Å². The second-order valence-electron chi connectivity index (χ2n) is 4.51. The van der Waals surface area contributed by atoms with E-state index in [4.69, 9.17) is 18.4 Å². The summed E-state index contributed by atoms with van der Waals surface area (Å²) < 4.78 is 16.9. The number of quaternary nitrogens is 1. The Labute approximate surface area is 112 Å². The first-order valence-electron chi connectivity index (χ1n) is 5.53. The molecule has 0 aromatic rings. The van der Waals surface area contributed by atoms with Crippen LogP contribution in [0.3, 0.4) is 0 Å². The fraction of sp³-hybridized carbons (Fsp3) is 1.00. The first kappa shape index (κ1) is 19.6. The van der Waals surface area contributed by atoms with E-state index in [1.165, 1.54) is 0 Å². The monoisotopic (exact) mass is 287 g/mol. The van der Waals surface area contributed by atoms with Gasteiger partial charge in [-0.2, -0.15) is 0 Å². The average Bonchev–Trinajstić information content (AvgIpc) is 2.25. The molecule has 17 heavy (non-hydrogen) atoms. The lowest BCUT2D eigenvalue weighted by Gasteiger charge is -2.30. The van der Waals surface area contributed by atoms with Crippen molar-refractivity contribution in [1.29, 1.82) is 0 Å². The molecule has 0 atom stereocenters. The van der Waals surface area contributed by atoms with Crippen molar-refractivity contribution in [2.45, 2.75) is 12.5 Å². The predicted octanol–water partition coefficient (Wildman–Crippen LogP) is -2.67. The molecule has 0 aromatic heterocycles. The molecule has 0 radical (unpaired) electrons. The number of hydrogen-bond acceptors (Lipinski definition) is 4. The molecule has 0 heterocycles. The van der Waals surface area contributed by atoms with Crippen molar-refractivity contribution in [3.8, 4) is 0 Å². The Bertz CT molecular complexity index is 183. The fourth-order valence-corrected chi connectivity index (χ4v) is 3.37. The van der Waals surface area contributed by atoms with Crippen LogP contribution in [0.5, 0.6) is 0 Å². The Morgan fingerprint density at radius 1 is 1.00 bits per heavy atom.